The number of aliphatic hydroxyl groups is 1. The Morgan fingerprint density at radius 3 is 3.14 bits per heavy atom. The third-order valence-corrected chi connectivity index (χ3v) is 4.31. The smallest absolute Gasteiger partial charge is 0.170 e. The Hall–Kier alpha value is -1.46. The molecule has 0 amide bonds. The molecular formula is C16H21FN2O2. The topological polar surface area (TPSA) is 49.5 Å². The zero-order valence-corrected chi connectivity index (χ0v) is 12.3. The lowest BCUT2D eigenvalue weighted by Crippen LogP contribution is -2.38. The summed E-state index contributed by atoms with van der Waals surface area (Å²) in [7, 11) is 0. The maximum absolute atomic E-state index is 13.3. The summed E-state index contributed by atoms with van der Waals surface area (Å²) in [6.07, 6.45) is 3.70. The molecule has 0 radical (unpaired) electrons. The molecule has 2 atom stereocenters. The fourth-order valence-corrected chi connectivity index (χ4v) is 3.09. The van der Waals surface area contributed by atoms with Crippen molar-refractivity contribution in [1.82, 2.24) is 10.1 Å². The summed E-state index contributed by atoms with van der Waals surface area (Å²) in [6, 6.07) is 4.70. The molecule has 1 aromatic heterocycles. The van der Waals surface area contributed by atoms with Gasteiger partial charge in [-0.3, -0.25) is 4.90 Å². The summed E-state index contributed by atoms with van der Waals surface area (Å²) in [4.78, 5) is 2.28. The average molecular weight is 292 g/mol. The van der Waals surface area contributed by atoms with Gasteiger partial charge >= 0.3 is 0 Å². The molecule has 0 bridgehead atoms. The van der Waals surface area contributed by atoms with E-state index in [0.29, 0.717) is 12.1 Å². The van der Waals surface area contributed by atoms with Gasteiger partial charge in [0.25, 0.3) is 0 Å². The van der Waals surface area contributed by atoms with Gasteiger partial charge in [0.05, 0.1) is 12.1 Å². The van der Waals surface area contributed by atoms with E-state index in [4.69, 9.17) is 4.52 Å². The molecule has 4 nitrogen and oxygen atoms in total. The number of fused-ring (bicyclic) bond motifs is 1. The van der Waals surface area contributed by atoms with Crippen molar-refractivity contribution in [3.8, 4) is 0 Å². The zero-order chi connectivity index (χ0) is 14.8. The maximum Gasteiger partial charge on any atom is 0.170 e. The summed E-state index contributed by atoms with van der Waals surface area (Å²) in [5.41, 5.74) is 1.36. The van der Waals surface area contributed by atoms with Gasteiger partial charge in [-0.25, -0.2) is 4.39 Å². The minimum Gasteiger partial charge on any atom is -0.392 e. The SMILES string of the molecule is CCC(O)CN1CCCCC1c1noc2cc(F)ccc12. The maximum atomic E-state index is 13.3. The van der Waals surface area contributed by atoms with Gasteiger partial charge in [-0.2, -0.15) is 0 Å². The first kappa shape index (κ1) is 14.5. The van der Waals surface area contributed by atoms with Crippen LogP contribution in [0, 0.1) is 5.82 Å². The van der Waals surface area contributed by atoms with Crippen molar-refractivity contribution in [2.75, 3.05) is 13.1 Å². The van der Waals surface area contributed by atoms with Crippen LogP contribution in [0.3, 0.4) is 0 Å². The molecule has 2 aromatic rings. The zero-order valence-electron chi connectivity index (χ0n) is 12.3. The Labute approximate surface area is 123 Å². The van der Waals surface area contributed by atoms with Crippen molar-refractivity contribution in [2.45, 2.75) is 44.8 Å². The number of likely N-dealkylation sites (tertiary alicyclic amines) is 1. The Kier molecular flexibility index (Phi) is 4.22. The van der Waals surface area contributed by atoms with Crippen LogP contribution in [-0.2, 0) is 0 Å². The minimum atomic E-state index is -0.318. The quantitative estimate of drug-likeness (QED) is 0.939. The van der Waals surface area contributed by atoms with E-state index in [-0.39, 0.29) is 18.0 Å². The number of β-amino-alcohol motifs (C(OH)–C–C–N with tert-alkyl or cyclic N) is 1. The number of piperidine rings is 1. The highest BCUT2D eigenvalue weighted by molar-refractivity contribution is 5.79. The minimum absolute atomic E-state index is 0.145. The van der Waals surface area contributed by atoms with Gasteiger partial charge in [-0.15, -0.1) is 0 Å². The Morgan fingerprint density at radius 1 is 1.48 bits per heavy atom. The van der Waals surface area contributed by atoms with Crippen molar-refractivity contribution in [3.05, 3.63) is 29.7 Å². The van der Waals surface area contributed by atoms with E-state index >= 15 is 0 Å². The first-order chi connectivity index (χ1) is 10.2. The van der Waals surface area contributed by atoms with Gasteiger partial charge in [0.2, 0.25) is 0 Å². The lowest BCUT2D eigenvalue weighted by atomic mass is 9.96. The summed E-state index contributed by atoms with van der Waals surface area (Å²) < 4.78 is 18.5. The van der Waals surface area contributed by atoms with Crippen LogP contribution in [0.25, 0.3) is 11.0 Å². The lowest BCUT2D eigenvalue weighted by molar-refractivity contribution is 0.0630. The second-order valence-corrected chi connectivity index (χ2v) is 5.78. The first-order valence-corrected chi connectivity index (χ1v) is 7.66. The molecular weight excluding hydrogens is 271 g/mol. The highest BCUT2D eigenvalue weighted by atomic mass is 19.1. The van der Waals surface area contributed by atoms with Crippen LogP contribution in [0.15, 0.2) is 22.7 Å². The summed E-state index contributed by atoms with van der Waals surface area (Å²) in [5.74, 6) is -0.313. The van der Waals surface area contributed by atoms with Gasteiger partial charge in [-0.05, 0) is 37.9 Å². The average Bonchev–Trinajstić information content (AvgIpc) is 2.90. The number of halogens is 1. The van der Waals surface area contributed by atoms with Crippen LogP contribution in [0.1, 0.15) is 44.3 Å². The van der Waals surface area contributed by atoms with Crippen molar-refractivity contribution in [1.29, 1.82) is 0 Å². The van der Waals surface area contributed by atoms with E-state index in [1.165, 1.54) is 12.1 Å². The number of aliphatic hydroxyl groups excluding tert-OH is 1. The monoisotopic (exact) mass is 292 g/mol. The Bertz CT molecular complexity index is 613. The molecule has 5 heteroatoms. The molecule has 1 fully saturated rings. The predicted octanol–water partition coefficient (Wildman–Crippen LogP) is 3.26. The molecule has 0 aliphatic carbocycles. The van der Waals surface area contributed by atoms with Gasteiger partial charge in [0, 0.05) is 18.0 Å². The van der Waals surface area contributed by atoms with Gasteiger partial charge in [0.1, 0.15) is 11.5 Å². The number of nitrogens with zero attached hydrogens (tertiary/aromatic N) is 2. The van der Waals surface area contributed by atoms with Gasteiger partial charge in [0.15, 0.2) is 5.58 Å². The second kappa shape index (κ2) is 6.12. The van der Waals surface area contributed by atoms with Crippen LogP contribution in [-0.4, -0.2) is 34.4 Å². The Balaban J connectivity index is 1.91. The van der Waals surface area contributed by atoms with Crippen LogP contribution < -0.4 is 0 Å². The summed E-state index contributed by atoms with van der Waals surface area (Å²) in [6.45, 7) is 3.59. The molecule has 1 saturated heterocycles. The van der Waals surface area contributed by atoms with Crippen molar-refractivity contribution in [3.63, 3.8) is 0 Å². The van der Waals surface area contributed by atoms with Crippen molar-refractivity contribution < 1.29 is 14.0 Å². The van der Waals surface area contributed by atoms with E-state index in [0.717, 1.165) is 43.3 Å². The molecule has 1 N–H and O–H groups in total. The van der Waals surface area contributed by atoms with Gasteiger partial charge < -0.3 is 9.63 Å². The molecule has 1 aliphatic rings. The van der Waals surface area contributed by atoms with E-state index in [1.54, 1.807) is 6.07 Å². The van der Waals surface area contributed by atoms with Crippen molar-refractivity contribution >= 4 is 11.0 Å². The second-order valence-electron chi connectivity index (χ2n) is 5.78. The highest BCUT2D eigenvalue weighted by Crippen LogP contribution is 2.34. The molecule has 2 heterocycles. The van der Waals surface area contributed by atoms with E-state index in [1.807, 2.05) is 6.92 Å². The third-order valence-electron chi connectivity index (χ3n) is 4.31. The van der Waals surface area contributed by atoms with Crippen LogP contribution in [0.5, 0.6) is 0 Å². The molecule has 3 rings (SSSR count). The van der Waals surface area contributed by atoms with E-state index in [9.17, 15) is 9.50 Å². The number of hydrogen-bond donors (Lipinski definition) is 1. The molecule has 1 aliphatic heterocycles. The number of hydrogen-bond acceptors (Lipinski definition) is 4. The molecule has 0 spiro atoms. The van der Waals surface area contributed by atoms with Crippen LogP contribution >= 0.6 is 0 Å². The normalized spacial score (nSPS) is 21.8. The molecule has 114 valence electrons. The van der Waals surface area contributed by atoms with E-state index in [2.05, 4.69) is 10.1 Å². The fraction of sp³-hybridized carbons (Fsp3) is 0.562. The fourth-order valence-electron chi connectivity index (χ4n) is 3.09. The standard InChI is InChI=1S/C16H21FN2O2/c1-2-12(20)10-19-8-4-3-5-14(19)16-13-7-6-11(17)9-15(13)21-18-16/h6-7,9,12,14,20H,2-5,8,10H2,1H3. The highest BCUT2D eigenvalue weighted by Gasteiger charge is 2.29. The number of benzene rings is 1. The first-order valence-electron chi connectivity index (χ1n) is 7.66. The van der Waals surface area contributed by atoms with Crippen molar-refractivity contribution in [2.24, 2.45) is 0 Å². The Morgan fingerprint density at radius 2 is 2.33 bits per heavy atom. The number of rotatable bonds is 4. The lowest BCUT2D eigenvalue weighted by Gasteiger charge is -2.35. The molecule has 21 heavy (non-hydrogen) atoms. The van der Waals surface area contributed by atoms with E-state index < -0.39 is 0 Å². The third kappa shape index (κ3) is 2.94. The van der Waals surface area contributed by atoms with Crippen LogP contribution in [0.4, 0.5) is 4.39 Å². The summed E-state index contributed by atoms with van der Waals surface area (Å²) in [5, 5.41) is 15.0. The molecule has 0 saturated carbocycles. The molecule has 1 aromatic carbocycles. The summed E-state index contributed by atoms with van der Waals surface area (Å²) >= 11 is 0. The predicted molar refractivity (Wildman–Crippen MR) is 78.4 cm³/mol. The van der Waals surface area contributed by atoms with Crippen LogP contribution in [0.2, 0.25) is 0 Å². The van der Waals surface area contributed by atoms with Gasteiger partial charge in [-0.1, -0.05) is 18.5 Å². The number of aromatic nitrogens is 1. The largest absolute Gasteiger partial charge is 0.392 e. The molecule has 2 unspecified atom stereocenters.